The summed E-state index contributed by atoms with van der Waals surface area (Å²) in [7, 11) is 0. The number of hydrogen-bond acceptors (Lipinski definition) is 2. The van der Waals surface area contributed by atoms with Crippen LogP contribution in [-0.4, -0.2) is 24.0 Å². The molecule has 1 aromatic heterocycles. The van der Waals surface area contributed by atoms with E-state index < -0.39 is 0 Å². The molecule has 1 heterocycles. The first-order chi connectivity index (χ1) is 10.3. The van der Waals surface area contributed by atoms with Gasteiger partial charge in [0.15, 0.2) is 5.96 Å². The molecule has 0 bridgehead atoms. The lowest BCUT2D eigenvalue weighted by atomic mass is 10.1. The molecule has 2 N–H and O–H groups in total. The molecule has 0 radical (unpaired) electrons. The van der Waals surface area contributed by atoms with Gasteiger partial charge in [-0.3, -0.25) is 4.98 Å². The highest BCUT2D eigenvalue weighted by Gasteiger charge is 2.01. The number of unbranched alkanes of at least 4 members (excludes halogenated alkanes) is 1. The number of pyridine rings is 1. The Hall–Kier alpha value is -1.37. The van der Waals surface area contributed by atoms with Crippen molar-refractivity contribution >= 4 is 40.8 Å². The number of para-hydroxylation sites is 1. The Balaban J connectivity index is 0.00000242. The molecule has 5 heteroatoms. The third kappa shape index (κ3) is 5.44. The van der Waals surface area contributed by atoms with E-state index in [9.17, 15) is 0 Å². The van der Waals surface area contributed by atoms with Crippen molar-refractivity contribution in [3.8, 4) is 0 Å². The van der Waals surface area contributed by atoms with Crippen LogP contribution in [0.5, 0.6) is 0 Å². The van der Waals surface area contributed by atoms with Crippen molar-refractivity contribution in [2.24, 2.45) is 4.99 Å². The van der Waals surface area contributed by atoms with Crippen LogP contribution in [0, 0.1) is 0 Å². The highest BCUT2D eigenvalue weighted by atomic mass is 127. The maximum absolute atomic E-state index is 4.67. The monoisotopic (exact) mass is 412 g/mol. The Morgan fingerprint density at radius 1 is 1.14 bits per heavy atom. The topological polar surface area (TPSA) is 49.3 Å². The minimum absolute atomic E-state index is 0. The van der Waals surface area contributed by atoms with Crippen molar-refractivity contribution < 1.29 is 0 Å². The van der Waals surface area contributed by atoms with Gasteiger partial charge in [-0.25, -0.2) is 4.99 Å². The van der Waals surface area contributed by atoms with E-state index in [1.54, 1.807) is 0 Å². The number of rotatable bonds is 6. The lowest BCUT2D eigenvalue weighted by Crippen LogP contribution is -2.37. The number of halogens is 1. The normalized spacial score (nSPS) is 11.1. The fourth-order valence-electron chi connectivity index (χ4n) is 2.18. The number of benzene rings is 1. The first kappa shape index (κ1) is 18.7. The van der Waals surface area contributed by atoms with Crippen LogP contribution in [0.15, 0.2) is 41.5 Å². The summed E-state index contributed by atoms with van der Waals surface area (Å²) in [5.74, 6) is 0.881. The molecule has 0 saturated carbocycles. The van der Waals surface area contributed by atoms with Gasteiger partial charge < -0.3 is 10.6 Å². The molecule has 120 valence electrons. The average Bonchev–Trinajstić information content (AvgIpc) is 2.53. The summed E-state index contributed by atoms with van der Waals surface area (Å²) >= 11 is 0. The van der Waals surface area contributed by atoms with E-state index in [1.807, 2.05) is 30.5 Å². The zero-order valence-corrected chi connectivity index (χ0v) is 15.6. The molecule has 0 aliphatic heterocycles. The number of hydrogen-bond donors (Lipinski definition) is 2. The smallest absolute Gasteiger partial charge is 0.191 e. The lowest BCUT2D eigenvalue weighted by molar-refractivity contribution is 0.730. The summed E-state index contributed by atoms with van der Waals surface area (Å²) in [5.41, 5.74) is 2.22. The van der Waals surface area contributed by atoms with Crippen molar-refractivity contribution in [3.05, 3.63) is 42.1 Å². The summed E-state index contributed by atoms with van der Waals surface area (Å²) in [5, 5.41) is 7.82. The molecule has 0 spiro atoms. The minimum atomic E-state index is 0. The molecule has 0 saturated heterocycles. The largest absolute Gasteiger partial charge is 0.357 e. The summed E-state index contributed by atoms with van der Waals surface area (Å²) in [6, 6.07) is 10.2. The maximum atomic E-state index is 4.67. The molecule has 0 fully saturated rings. The van der Waals surface area contributed by atoms with Crippen LogP contribution in [0.2, 0.25) is 0 Å². The second kappa shape index (κ2) is 10.4. The molecule has 2 rings (SSSR count). The molecule has 4 nitrogen and oxygen atoms in total. The second-order valence-corrected chi connectivity index (χ2v) is 4.96. The Morgan fingerprint density at radius 2 is 1.95 bits per heavy atom. The van der Waals surface area contributed by atoms with Crippen LogP contribution in [0.3, 0.4) is 0 Å². The average molecular weight is 412 g/mol. The Bertz CT molecular complexity index is 593. The van der Waals surface area contributed by atoms with E-state index in [0.717, 1.165) is 31.0 Å². The molecule has 0 amide bonds. The number of guanidine groups is 1. The van der Waals surface area contributed by atoms with Gasteiger partial charge in [0.05, 0.1) is 12.1 Å². The number of fused-ring (bicyclic) bond motifs is 1. The van der Waals surface area contributed by atoms with Crippen molar-refractivity contribution in [2.45, 2.75) is 33.2 Å². The third-order valence-electron chi connectivity index (χ3n) is 3.31. The zero-order valence-electron chi connectivity index (χ0n) is 13.3. The Kier molecular flexibility index (Phi) is 8.81. The predicted molar refractivity (Wildman–Crippen MR) is 105 cm³/mol. The van der Waals surface area contributed by atoms with Crippen molar-refractivity contribution in [3.63, 3.8) is 0 Å². The highest BCUT2D eigenvalue weighted by Crippen LogP contribution is 2.16. The van der Waals surface area contributed by atoms with Gasteiger partial charge in [-0.05, 0) is 31.0 Å². The van der Waals surface area contributed by atoms with Gasteiger partial charge >= 0.3 is 0 Å². The molecular formula is C17H25IN4. The van der Waals surface area contributed by atoms with Gasteiger partial charge in [-0.2, -0.15) is 0 Å². The minimum Gasteiger partial charge on any atom is -0.357 e. The van der Waals surface area contributed by atoms with Crippen molar-refractivity contribution in [2.75, 3.05) is 13.1 Å². The number of aromatic nitrogens is 1. The van der Waals surface area contributed by atoms with Gasteiger partial charge in [0.1, 0.15) is 0 Å². The summed E-state index contributed by atoms with van der Waals surface area (Å²) < 4.78 is 0. The second-order valence-electron chi connectivity index (χ2n) is 4.96. The standard InChI is InChI=1S/C17H24N4.HI/c1-3-5-11-20-17(18-4-2)21-13-14-10-12-19-16-9-7-6-8-15(14)16;/h6-10,12H,3-5,11,13H2,1-2H3,(H2,18,20,21);1H. The van der Waals surface area contributed by atoms with Crippen LogP contribution in [-0.2, 0) is 6.54 Å². The molecule has 0 unspecified atom stereocenters. The lowest BCUT2D eigenvalue weighted by Gasteiger charge is -2.11. The Labute approximate surface area is 149 Å². The summed E-state index contributed by atoms with van der Waals surface area (Å²) in [6.45, 7) is 6.76. The fraction of sp³-hybridized carbons (Fsp3) is 0.412. The first-order valence-electron chi connectivity index (χ1n) is 7.70. The van der Waals surface area contributed by atoms with E-state index >= 15 is 0 Å². The van der Waals surface area contributed by atoms with Crippen LogP contribution < -0.4 is 10.6 Å². The van der Waals surface area contributed by atoms with E-state index in [1.165, 1.54) is 17.4 Å². The zero-order chi connectivity index (χ0) is 14.9. The molecule has 0 aliphatic carbocycles. The summed E-state index contributed by atoms with van der Waals surface area (Å²) in [4.78, 5) is 9.06. The fourth-order valence-corrected chi connectivity index (χ4v) is 2.18. The van der Waals surface area contributed by atoms with Crippen LogP contribution in [0.1, 0.15) is 32.3 Å². The van der Waals surface area contributed by atoms with E-state index in [0.29, 0.717) is 6.54 Å². The van der Waals surface area contributed by atoms with Crippen molar-refractivity contribution in [1.82, 2.24) is 15.6 Å². The SMILES string of the molecule is CCCCNC(=NCc1ccnc2ccccc12)NCC.I. The molecule has 22 heavy (non-hydrogen) atoms. The first-order valence-corrected chi connectivity index (χ1v) is 7.70. The van der Waals surface area contributed by atoms with Gasteiger partial charge in [0.25, 0.3) is 0 Å². The molecular weight excluding hydrogens is 387 g/mol. The Morgan fingerprint density at radius 3 is 2.73 bits per heavy atom. The summed E-state index contributed by atoms with van der Waals surface area (Å²) in [6.07, 6.45) is 4.19. The molecule has 1 aromatic carbocycles. The van der Waals surface area contributed by atoms with E-state index in [4.69, 9.17) is 0 Å². The van der Waals surface area contributed by atoms with Gasteiger partial charge in [0, 0.05) is 24.7 Å². The quantitative estimate of drug-likeness (QED) is 0.329. The predicted octanol–water partition coefficient (Wildman–Crippen LogP) is 3.71. The van der Waals surface area contributed by atoms with Crippen LogP contribution in [0.25, 0.3) is 10.9 Å². The highest BCUT2D eigenvalue weighted by molar-refractivity contribution is 14.0. The van der Waals surface area contributed by atoms with Crippen molar-refractivity contribution in [1.29, 1.82) is 0 Å². The van der Waals surface area contributed by atoms with Gasteiger partial charge in [0.2, 0.25) is 0 Å². The van der Waals surface area contributed by atoms with Crippen LogP contribution >= 0.6 is 24.0 Å². The number of nitrogens with zero attached hydrogens (tertiary/aromatic N) is 2. The molecule has 0 atom stereocenters. The van der Waals surface area contributed by atoms with Crippen LogP contribution in [0.4, 0.5) is 0 Å². The number of aliphatic imine (C=N–C) groups is 1. The molecule has 0 aliphatic rings. The third-order valence-corrected chi connectivity index (χ3v) is 3.31. The van der Waals surface area contributed by atoms with Gasteiger partial charge in [-0.1, -0.05) is 31.5 Å². The van der Waals surface area contributed by atoms with E-state index in [-0.39, 0.29) is 24.0 Å². The van der Waals surface area contributed by atoms with E-state index in [2.05, 4.69) is 40.5 Å². The molecule has 2 aromatic rings. The van der Waals surface area contributed by atoms with Gasteiger partial charge in [-0.15, -0.1) is 24.0 Å². The number of nitrogens with one attached hydrogen (secondary N) is 2. The maximum Gasteiger partial charge on any atom is 0.191 e.